The first kappa shape index (κ1) is 13.2. The van der Waals surface area contributed by atoms with Crippen molar-refractivity contribution in [3.8, 4) is 0 Å². The number of benzene rings is 1. The average molecular weight is 265 g/mol. The Morgan fingerprint density at radius 2 is 2.11 bits per heavy atom. The Balaban J connectivity index is 2.38. The summed E-state index contributed by atoms with van der Waals surface area (Å²) in [6.45, 7) is -0.632. The van der Waals surface area contributed by atoms with Crippen LogP contribution in [0.3, 0.4) is 0 Å². The molecular weight excluding hydrogens is 252 g/mol. The fourth-order valence-corrected chi connectivity index (χ4v) is 1.80. The predicted octanol–water partition coefficient (Wildman–Crippen LogP) is 2.15. The highest BCUT2D eigenvalue weighted by molar-refractivity contribution is 5.99. The molecule has 0 aliphatic rings. The maximum Gasteiger partial charge on any atom is 0.272 e. The van der Waals surface area contributed by atoms with Crippen LogP contribution < -0.4 is 5.73 Å². The van der Waals surface area contributed by atoms with Gasteiger partial charge in [-0.25, -0.2) is 13.8 Å². The van der Waals surface area contributed by atoms with Gasteiger partial charge in [-0.15, -0.1) is 0 Å². The quantitative estimate of drug-likeness (QED) is 0.925. The van der Waals surface area contributed by atoms with Gasteiger partial charge in [-0.1, -0.05) is 18.2 Å². The summed E-state index contributed by atoms with van der Waals surface area (Å²) < 4.78 is 24.5. The zero-order valence-electron chi connectivity index (χ0n) is 10.3. The van der Waals surface area contributed by atoms with Crippen molar-refractivity contribution in [1.82, 2.24) is 9.88 Å². The van der Waals surface area contributed by atoms with Crippen LogP contribution in [0.4, 0.5) is 14.5 Å². The number of para-hydroxylation sites is 1. The normalized spacial score (nSPS) is 10.9. The zero-order valence-corrected chi connectivity index (χ0v) is 10.3. The van der Waals surface area contributed by atoms with Crippen molar-refractivity contribution in [2.45, 2.75) is 6.43 Å². The van der Waals surface area contributed by atoms with Crippen molar-refractivity contribution in [3.05, 3.63) is 36.0 Å². The molecule has 1 aromatic heterocycles. The van der Waals surface area contributed by atoms with Crippen molar-refractivity contribution in [2.24, 2.45) is 0 Å². The van der Waals surface area contributed by atoms with E-state index in [2.05, 4.69) is 4.98 Å². The summed E-state index contributed by atoms with van der Waals surface area (Å²) in [5.41, 5.74) is 6.87. The van der Waals surface area contributed by atoms with E-state index < -0.39 is 18.9 Å². The molecule has 1 amide bonds. The van der Waals surface area contributed by atoms with Crippen LogP contribution in [0.2, 0.25) is 0 Å². The predicted molar refractivity (Wildman–Crippen MR) is 69.1 cm³/mol. The lowest BCUT2D eigenvalue weighted by Gasteiger charge is -2.16. The number of nitrogens with two attached hydrogens (primary N) is 1. The molecule has 1 heterocycles. The lowest BCUT2D eigenvalue weighted by atomic mass is 10.1. The Bertz CT molecular complexity index is 616. The molecule has 0 fully saturated rings. The number of aromatic nitrogens is 1. The number of rotatable bonds is 3. The SMILES string of the molecule is CN(CC(F)F)C(=O)c1cc(N)c2ccccc2n1. The highest BCUT2D eigenvalue weighted by atomic mass is 19.3. The number of nitrogen functional groups attached to an aromatic ring is 1. The van der Waals surface area contributed by atoms with Crippen molar-refractivity contribution in [3.63, 3.8) is 0 Å². The monoisotopic (exact) mass is 265 g/mol. The summed E-state index contributed by atoms with van der Waals surface area (Å²) in [4.78, 5) is 17.0. The average Bonchev–Trinajstić information content (AvgIpc) is 2.37. The van der Waals surface area contributed by atoms with Crippen LogP contribution >= 0.6 is 0 Å². The summed E-state index contributed by atoms with van der Waals surface area (Å²) in [6, 6.07) is 8.49. The van der Waals surface area contributed by atoms with Crippen molar-refractivity contribution in [1.29, 1.82) is 0 Å². The van der Waals surface area contributed by atoms with Gasteiger partial charge in [0.1, 0.15) is 5.69 Å². The van der Waals surface area contributed by atoms with Gasteiger partial charge in [-0.3, -0.25) is 4.79 Å². The number of fused-ring (bicyclic) bond motifs is 1. The van der Waals surface area contributed by atoms with Crippen molar-refractivity contribution in [2.75, 3.05) is 19.3 Å². The first-order valence-corrected chi connectivity index (χ1v) is 5.68. The van der Waals surface area contributed by atoms with E-state index in [0.717, 1.165) is 10.3 Å². The Morgan fingerprint density at radius 3 is 2.79 bits per heavy atom. The summed E-state index contributed by atoms with van der Waals surface area (Å²) in [5.74, 6) is -0.572. The molecule has 0 radical (unpaired) electrons. The maximum atomic E-state index is 12.3. The third-order valence-corrected chi connectivity index (χ3v) is 2.73. The number of hydrogen-bond donors (Lipinski definition) is 1. The van der Waals surface area contributed by atoms with E-state index in [1.807, 2.05) is 6.07 Å². The summed E-state index contributed by atoms with van der Waals surface area (Å²) >= 11 is 0. The summed E-state index contributed by atoms with van der Waals surface area (Å²) in [5, 5.41) is 0.732. The minimum absolute atomic E-state index is 0.0688. The molecule has 0 aliphatic carbocycles. The Kier molecular flexibility index (Phi) is 3.59. The third-order valence-electron chi connectivity index (χ3n) is 2.73. The molecule has 2 rings (SSSR count). The van der Waals surface area contributed by atoms with Gasteiger partial charge in [-0.05, 0) is 12.1 Å². The molecule has 0 saturated carbocycles. The number of carbonyl (C=O) groups is 1. The second kappa shape index (κ2) is 5.17. The minimum Gasteiger partial charge on any atom is -0.398 e. The van der Waals surface area contributed by atoms with Crippen molar-refractivity contribution >= 4 is 22.5 Å². The van der Waals surface area contributed by atoms with Crippen LogP contribution in [0.15, 0.2) is 30.3 Å². The van der Waals surface area contributed by atoms with E-state index in [4.69, 9.17) is 5.73 Å². The van der Waals surface area contributed by atoms with Gasteiger partial charge in [0, 0.05) is 18.1 Å². The zero-order chi connectivity index (χ0) is 14.0. The van der Waals surface area contributed by atoms with Crippen LogP contribution in [0.5, 0.6) is 0 Å². The van der Waals surface area contributed by atoms with E-state index in [9.17, 15) is 13.6 Å². The van der Waals surface area contributed by atoms with E-state index >= 15 is 0 Å². The molecule has 4 nitrogen and oxygen atoms in total. The molecule has 0 spiro atoms. The molecule has 0 aliphatic heterocycles. The van der Waals surface area contributed by atoms with E-state index in [1.54, 1.807) is 18.2 Å². The van der Waals surface area contributed by atoms with E-state index in [0.29, 0.717) is 11.2 Å². The number of pyridine rings is 1. The Labute approximate surface area is 108 Å². The molecule has 0 bridgehead atoms. The molecule has 2 aromatic rings. The van der Waals surface area contributed by atoms with Gasteiger partial charge in [-0.2, -0.15) is 0 Å². The van der Waals surface area contributed by atoms with Gasteiger partial charge in [0.2, 0.25) is 0 Å². The number of amides is 1. The number of alkyl halides is 2. The standard InChI is InChI=1S/C13H13F2N3O/c1-18(7-12(14)15)13(19)11-6-9(16)8-4-2-3-5-10(8)17-11/h2-6,12H,7H2,1H3,(H2,16,17). The van der Waals surface area contributed by atoms with E-state index in [-0.39, 0.29) is 5.69 Å². The summed E-state index contributed by atoms with van der Waals surface area (Å²) in [6.07, 6.45) is -2.58. The van der Waals surface area contributed by atoms with Gasteiger partial charge < -0.3 is 10.6 Å². The fourth-order valence-electron chi connectivity index (χ4n) is 1.80. The second-order valence-corrected chi connectivity index (χ2v) is 4.19. The topological polar surface area (TPSA) is 59.2 Å². The van der Waals surface area contributed by atoms with Crippen LogP contribution in [0, 0.1) is 0 Å². The van der Waals surface area contributed by atoms with Gasteiger partial charge in [0.05, 0.1) is 12.1 Å². The molecule has 100 valence electrons. The minimum atomic E-state index is -2.58. The Morgan fingerprint density at radius 1 is 1.42 bits per heavy atom. The molecule has 0 atom stereocenters. The van der Waals surface area contributed by atoms with Crippen LogP contribution in [-0.2, 0) is 0 Å². The lowest BCUT2D eigenvalue weighted by molar-refractivity contribution is 0.0615. The van der Waals surface area contributed by atoms with E-state index in [1.165, 1.54) is 13.1 Å². The molecule has 0 unspecified atom stereocenters. The fraction of sp³-hybridized carbons (Fsp3) is 0.231. The first-order chi connectivity index (χ1) is 8.99. The highest BCUT2D eigenvalue weighted by Gasteiger charge is 2.18. The molecule has 19 heavy (non-hydrogen) atoms. The van der Waals surface area contributed by atoms with Crippen LogP contribution in [0.25, 0.3) is 10.9 Å². The molecule has 6 heteroatoms. The first-order valence-electron chi connectivity index (χ1n) is 5.68. The second-order valence-electron chi connectivity index (χ2n) is 4.19. The Hall–Kier alpha value is -2.24. The van der Waals surface area contributed by atoms with Crippen LogP contribution in [0.1, 0.15) is 10.5 Å². The number of carbonyl (C=O) groups excluding carboxylic acids is 1. The lowest BCUT2D eigenvalue weighted by Crippen LogP contribution is -2.31. The maximum absolute atomic E-state index is 12.3. The largest absolute Gasteiger partial charge is 0.398 e. The number of anilines is 1. The molecule has 0 saturated heterocycles. The number of halogens is 2. The van der Waals surface area contributed by atoms with Crippen molar-refractivity contribution < 1.29 is 13.6 Å². The van der Waals surface area contributed by atoms with Gasteiger partial charge in [0.15, 0.2) is 0 Å². The molecular formula is C13H13F2N3O. The number of hydrogen-bond acceptors (Lipinski definition) is 3. The molecule has 2 N–H and O–H groups in total. The highest BCUT2D eigenvalue weighted by Crippen LogP contribution is 2.20. The third kappa shape index (κ3) is 2.78. The smallest absolute Gasteiger partial charge is 0.272 e. The van der Waals surface area contributed by atoms with Crippen LogP contribution in [-0.4, -0.2) is 35.8 Å². The molecule has 1 aromatic carbocycles. The number of nitrogens with zero attached hydrogens (tertiary/aromatic N) is 2. The van der Waals surface area contributed by atoms with Gasteiger partial charge in [0.25, 0.3) is 12.3 Å². The van der Waals surface area contributed by atoms with Gasteiger partial charge >= 0.3 is 0 Å². The summed E-state index contributed by atoms with van der Waals surface area (Å²) in [7, 11) is 1.31.